The van der Waals surface area contributed by atoms with E-state index >= 15 is 0 Å². The Morgan fingerprint density at radius 2 is 2.33 bits per heavy atom. The van der Waals surface area contributed by atoms with Gasteiger partial charge in [-0.25, -0.2) is 9.97 Å². The predicted octanol–water partition coefficient (Wildman–Crippen LogP) is 2.99. The van der Waals surface area contributed by atoms with Crippen LogP contribution in [0.5, 0.6) is 0 Å². The second-order valence-corrected chi connectivity index (χ2v) is 5.22. The molecule has 18 heavy (non-hydrogen) atoms. The average Bonchev–Trinajstić information content (AvgIpc) is 3.03. The molecule has 1 unspecified atom stereocenters. The number of thiazole rings is 1. The number of hydrogen-bond acceptors (Lipinski definition) is 4. The van der Waals surface area contributed by atoms with Gasteiger partial charge in [-0.1, -0.05) is 13.8 Å². The maximum Gasteiger partial charge on any atom is 0.109 e. The third-order valence-corrected chi connectivity index (χ3v) is 3.84. The van der Waals surface area contributed by atoms with Gasteiger partial charge in [0.25, 0.3) is 0 Å². The van der Waals surface area contributed by atoms with Gasteiger partial charge in [0, 0.05) is 30.9 Å². The fourth-order valence-electron chi connectivity index (χ4n) is 1.98. The SMILES string of the molecule is CCCn1cncc1CNC(CC)c1nccs1. The standard InChI is InChI=1S/C13H20N4S/c1-3-6-17-10-14-8-11(17)9-16-12(4-2)13-15-5-7-18-13/h5,7-8,10,12,16H,3-4,6,9H2,1-2H3. The van der Waals surface area contributed by atoms with Crippen LogP contribution >= 0.6 is 11.3 Å². The average molecular weight is 264 g/mol. The van der Waals surface area contributed by atoms with E-state index in [1.807, 2.05) is 24.1 Å². The molecule has 0 aromatic carbocycles. The van der Waals surface area contributed by atoms with E-state index < -0.39 is 0 Å². The number of imidazole rings is 1. The molecule has 2 aromatic heterocycles. The van der Waals surface area contributed by atoms with Gasteiger partial charge in [-0.05, 0) is 12.8 Å². The molecular formula is C13H20N4S. The second-order valence-electron chi connectivity index (χ2n) is 4.29. The topological polar surface area (TPSA) is 42.7 Å². The largest absolute Gasteiger partial charge is 0.333 e. The van der Waals surface area contributed by atoms with Crippen LogP contribution in [0, 0.1) is 0 Å². The molecule has 98 valence electrons. The molecule has 0 bridgehead atoms. The zero-order chi connectivity index (χ0) is 12.8. The molecule has 4 nitrogen and oxygen atoms in total. The summed E-state index contributed by atoms with van der Waals surface area (Å²) < 4.78 is 2.21. The zero-order valence-electron chi connectivity index (χ0n) is 11.0. The van der Waals surface area contributed by atoms with Gasteiger partial charge in [-0.2, -0.15) is 0 Å². The molecule has 2 aromatic rings. The lowest BCUT2D eigenvalue weighted by molar-refractivity contribution is 0.498. The highest BCUT2D eigenvalue weighted by atomic mass is 32.1. The lowest BCUT2D eigenvalue weighted by Gasteiger charge is -2.15. The van der Waals surface area contributed by atoms with Crippen LogP contribution in [0.4, 0.5) is 0 Å². The Morgan fingerprint density at radius 1 is 1.44 bits per heavy atom. The summed E-state index contributed by atoms with van der Waals surface area (Å²) in [6, 6.07) is 0.343. The van der Waals surface area contributed by atoms with E-state index in [1.165, 1.54) is 10.7 Å². The summed E-state index contributed by atoms with van der Waals surface area (Å²) in [7, 11) is 0. The van der Waals surface area contributed by atoms with Crippen LogP contribution in [-0.4, -0.2) is 14.5 Å². The Kier molecular flexibility index (Phi) is 4.90. The molecule has 0 radical (unpaired) electrons. The lowest BCUT2D eigenvalue weighted by atomic mass is 10.2. The summed E-state index contributed by atoms with van der Waals surface area (Å²) >= 11 is 1.71. The summed E-state index contributed by atoms with van der Waals surface area (Å²) in [4.78, 5) is 8.60. The van der Waals surface area contributed by atoms with Crippen molar-refractivity contribution in [2.75, 3.05) is 0 Å². The predicted molar refractivity (Wildman–Crippen MR) is 74.5 cm³/mol. The molecule has 1 atom stereocenters. The van der Waals surface area contributed by atoms with Gasteiger partial charge in [-0.15, -0.1) is 11.3 Å². The Bertz CT molecular complexity index is 449. The first-order valence-corrected chi connectivity index (χ1v) is 7.34. The molecule has 0 fully saturated rings. The number of nitrogens with one attached hydrogen (secondary N) is 1. The normalized spacial score (nSPS) is 12.8. The highest BCUT2D eigenvalue weighted by Crippen LogP contribution is 2.19. The first-order valence-electron chi connectivity index (χ1n) is 6.46. The lowest BCUT2D eigenvalue weighted by Crippen LogP contribution is -2.21. The van der Waals surface area contributed by atoms with Gasteiger partial charge in [0.1, 0.15) is 5.01 Å². The number of hydrogen-bond donors (Lipinski definition) is 1. The molecule has 0 aliphatic carbocycles. The van der Waals surface area contributed by atoms with Crippen molar-refractivity contribution in [2.45, 2.75) is 45.8 Å². The van der Waals surface area contributed by atoms with Crippen LogP contribution in [0.3, 0.4) is 0 Å². The van der Waals surface area contributed by atoms with Crippen molar-refractivity contribution in [3.63, 3.8) is 0 Å². The van der Waals surface area contributed by atoms with E-state index in [-0.39, 0.29) is 0 Å². The number of nitrogens with zero attached hydrogens (tertiary/aromatic N) is 3. The van der Waals surface area contributed by atoms with Crippen molar-refractivity contribution < 1.29 is 0 Å². The van der Waals surface area contributed by atoms with Crippen molar-refractivity contribution in [1.82, 2.24) is 19.9 Å². The fourth-order valence-corrected chi connectivity index (χ4v) is 2.78. The minimum atomic E-state index is 0.343. The van der Waals surface area contributed by atoms with E-state index in [1.54, 1.807) is 11.3 Å². The third-order valence-electron chi connectivity index (χ3n) is 2.95. The quantitative estimate of drug-likeness (QED) is 0.836. The van der Waals surface area contributed by atoms with Crippen LogP contribution in [0.15, 0.2) is 24.1 Å². The summed E-state index contributed by atoms with van der Waals surface area (Å²) in [6.45, 7) is 6.24. The second kappa shape index (κ2) is 6.66. The van der Waals surface area contributed by atoms with Gasteiger partial charge >= 0.3 is 0 Å². The molecule has 1 N–H and O–H groups in total. The minimum Gasteiger partial charge on any atom is -0.333 e. The fraction of sp³-hybridized carbons (Fsp3) is 0.538. The Hall–Kier alpha value is -1.20. The molecule has 5 heteroatoms. The molecule has 0 amide bonds. The van der Waals surface area contributed by atoms with Gasteiger partial charge in [0.2, 0.25) is 0 Å². The van der Waals surface area contributed by atoms with Gasteiger partial charge in [-0.3, -0.25) is 0 Å². The van der Waals surface area contributed by atoms with Crippen LogP contribution < -0.4 is 5.32 Å². The molecule has 0 aliphatic rings. The summed E-state index contributed by atoms with van der Waals surface area (Å²) in [5, 5.41) is 6.75. The number of rotatable bonds is 7. The van der Waals surface area contributed by atoms with Crippen molar-refractivity contribution in [2.24, 2.45) is 0 Å². The Labute approximate surface area is 112 Å². The van der Waals surface area contributed by atoms with Crippen LogP contribution in [0.25, 0.3) is 0 Å². The zero-order valence-corrected chi connectivity index (χ0v) is 11.8. The van der Waals surface area contributed by atoms with Crippen LogP contribution in [0.1, 0.15) is 43.4 Å². The van der Waals surface area contributed by atoms with Crippen molar-refractivity contribution in [3.05, 3.63) is 34.8 Å². The highest BCUT2D eigenvalue weighted by Gasteiger charge is 2.12. The Morgan fingerprint density at radius 3 is 3.00 bits per heavy atom. The van der Waals surface area contributed by atoms with E-state index in [0.717, 1.165) is 25.9 Å². The molecule has 0 saturated carbocycles. The highest BCUT2D eigenvalue weighted by molar-refractivity contribution is 7.09. The molecular weight excluding hydrogens is 244 g/mol. The van der Waals surface area contributed by atoms with Crippen molar-refractivity contribution in [1.29, 1.82) is 0 Å². The molecule has 0 spiro atoms. The van der Waals surface area contributed by atoms with E-state index in [0.29, 0.717) is 6.04 Å². The molecule has 0 saturated heterocycles. The maximum absolute atomic E-state index is 4.38. The van der Waals surface area contributed by atoms with E-state index in [9.17, 15) is 0 Å². The number of aryl methyl sites for hydroxylation is 1. The molecule has 2 rings (SSSR count). The summed E-state index contributed by atoms with van der Waals surface area (Å²) in [6.07, 6.45) is 7.90. The maximum atomic E-state index is 4.38. The Balaban J connectivity index is 1.95. The van der Waals surface area contributed by atoms with Gasteiger partial charge in [0.15, 0.2) is 0 Å². The molecule has 0 aliphatic heterocycles. The first kappa shape index (κ1) is 13.2. The molecule has 2 heterocycles. The summed E-state index contributed by atoms with van der Waals surface area (Å²) in [5.41, 5.74) is 1.24. The van der Waals surface area contributed by atoms with Gasteiger partial charge in [0.05, 0.1) is 18.1 Å². The minimum absolute atomic E-state index is 0.343. The smallest absolute Gasteiger partial charge is 0.109 e. The van der Waals surface area contributed by atoms with E-state index in [4.69, 9.17) is 0 Å². The van der Waals surface area contributed by atoms with Gasteiger partial charge < -0.3 is 9.88 Å². The first-order chi connectivity index (χ1) is 8.85. The van der Waals surface area contributed by atoms with Crippen molar-refractivity contribution >= 4 is 11.3 Å². The number of aromatic nitrogens is 3. The summed E-state index contributed by atoms with van der Waals surface area (Å²) in [5.74, 6) is 0. The van der Waals surface area contributed by atoms with Crippen LogP contribution in [-0.2, 0) is 13.1 Å². The van der Waals surface area contributed by atoms with E-state index in [2.05, 4.69) is 33.7 Å². The third kappa shape index (κ3) is 3.17. The van der Waals surface area contributed by atoms with Crippen molar-refractivity contribution in [3.8, 4) is 0 Å². The monoisotopic (exact) mass is 264 g/mol. The van der Waals surface area contributed by atoms with Crippen LogP contribution in [0.2, 0.25) is 0 Å².